The molecule has 2 heterocycles. The van der Waals surface area contributed by atoms with Gasteiger partial charge in [0, 0.05) is 12.6 Å². The van der Waals surface area contributed by atoms with Gasteiger partial charge in [-0.25, -0.2) is 4.98 Å². The summed E-state index contributed by atoms with van der Waals surface area (Å²) in [5.74, 6) is 0.665. The molecule has 0 spiro atoms. The van der Waals surface area contributed by atoms with Gasteiger partial charge in [0.05, 0.1) is 0 Å². The Balaban J connectivity index is 1.78. The first-order valence-electron chi connectivity index (χ1n) is 6.08. The molecule has 2 aromatic heterocycles. The summed E-state index contributed by atoms with van der Waals surface area (Å²) in [5.41, 5.74) is 3.85. The summed E-state index contributed by atoms with van der Waals surface area (Å²) >= 11 is 0. The number of nitrogens with zero attached hydrogens (tertiary/aromatic N) is 2. The Labute approximate surface area is 105 Å². The molecular weight excluding hydrogens is 224 g/mol. The molecule has 0 aliphatic heterocycles. The van der Waals surface area contributed by atoms with Crippen LogP contribution in [-0.4, -0.2) is 9.97 Å². The number of rotatable bonds is 3. The first-order valence-corrected chi connectivity index (χ1v) is 6.08. The maximum Gasteiger partial charge on any atom is 0.199 e. The monoisotopic (exact) mass is 238 g/mol. The maximum absolute atomic E-state index is 5.41. The smallest absolute Gasteiger partial charge is 0.199 e. The van der Waals surface area contributed by atoms with Crippen LogP contribution in [0, 0.1) is 6.92 Å². The van der Waals surface area contributed by atoms with Gasteiger partial charge in [-0.05, 0) is 30.5 Å². The highest BCUT2D eigenvalue weighted by atomic mass is 16.3. The van der Waals surface area contributed by atoms with Gasteiger partial charge in [0.25, 0.3) is 0 Å². The quantitative estimate of drug-likeness (QED) is 0.702. The van der Waals surface area contributed by atoms with E-state index in [-0.39, 0.29) is 0 Å². The van der Waals surface area contributed by atoms with Gasteiger partial charge >= 0.3 is 0 Å². The van der Waals surface area contributed by atoms with Crippen molar-refractivity contribution < 1.29 is 4.42 Å². The first-order chi connectivity index (χ1) is 8.81. The van der Waals surface area contributed by atoms with Crippen LogP contribution in [-0.2, 0) is 12.8 Å². The molecular formula is C15H14N2O. The largest absolute Gasteiger partial charge is 0.439 e. The van der Waals surface area contributed by atoms with Crippen LogP contribution in [0.5, 0.6) is 0 Å². The summed E-state index contributed by atoms with van der Waals surface area (Å²) in [6.07, 6.45) is 1.92. The summed E-state index contributed by atoms with van der Waals surface area (Å²) in [5, 5.41) is 0. The van der Waals surface area contributed by atoms with E-state index in [9.17, 15) is 0 Å². The third kappa shape index (κ3) is 2.25. The molecule has 0 N–H and O–H groups in total. The Kier molecular flexibility index (Phi) is 2.81. The zero-order valence-corrected chi connectivity index (χ0v) is 10.3. The SMILES string of the molecule is Cc1nc2nc(CCc3ccccc3)ccc2o1. The van der Waals surface area contributed by atoms with E-state index < -0.39 is 0 Å². The molecule has 0 atom stereocenters. The summed E-state index contributed by atoms with van der Waals surface area (Å²) in [6, 6.07) is 14.4. The molecule has 18 heavy (non-hydrogen) atoms. The maximum atomic E-state index is 5.41. The first kappa shape index (κ1) is 11.0. The van der Waals surface area contributed by atoms with Crippen LogP contribution in [0.1, 0.15) is 17.1 Å². The van der Waals surface area contributed by atoms with Crippen molar-refractivity contribution in [3.8, 4) is 0 Å². The lowest BCUT2D eigenvalue weighted by Crippen LogP contribution is -1.94. The van der Waals surface area contributed by atoms with E-state index in [0.717, 1.165) is 24.1 Å². The van der Waals surface area contributed by atoms with Gasteiger partial charge in [-0.2, -0.15) is 4.98 Å². The molecule has 0 radical (unpaired) electrons. The van der Waals surface area contributed by atoms with Gasteiger partial charge < -0.3 is 4.42 Å². The molecule has 0 amide bonds. The van der Waals surface area contributed by atoms with Gasteiger partial charge in [-0.1, -0.05) is 30.3 Å². The molecule has 3 aromatic rings. The second-order valence-corrected chi connectivity index (χ2v) is 4.34. The second-order valence-electron chi connectivity index (χ2n) is 4.34. The minimum Gasteiger partial charge on any atom is -0.439 e. The molecule has 3 nitrogen and oxygen atoms in total. The Morgan fingerprint density at radius 1 is 0.944 bits per heavy atom. The van der Waals surface area contributed by atoms with E-state index in [0.29, 0.717) is 11.5 Å². The lowest BCUT2D eigenvalue weighted by atomic mass is 10.1. The molecule has 0 bridgehead atoms. The normalized spacial score (nSPS) is 10.9. The van der Waals surface area contributed by atoms with Crippen molar-refractivity contribution in [2.75, 3.05) is 0 Å². The zero-order chi connectivity index (χ0) is 12.4. The fraction of sp³-hybridized carbons (Fsp3) is 0.200. The minimum atomic E-state index is 0.665. The highest BCUT2D eigenvalue weighted by molar-refractivity contribution is 5.67. The van der Waals surface area contributed by atoms with Crippen molar-refractivity contribution in [1.82, 2.24) is 9.97 Å². The molecule has 90 valence electrons. The van der Waals surface area contributed by atoms with Crippen molar-refractivity contribution in [2.24, 2.45) is 0 Å². The standard InChI is InChI=1S/C15H14N2O/c1-11-16-15-14(18-11)10-9-13(17-15)8-7-12-5-3-2-4-6-12/h2-6,9-10H,7-8H2,1H3. The summed E-state index contributed by atoms with van der Waals surface area (Å²) in [7, 11) is 0. The summed E-state index contributed by atoms with van der Waals surface area (Å²) in [6.45, 7) is 1.84. The van der Waals surface area contributed by atoms with E-state index in [2.05, 4.69) is 34.2 Å². The lowest BCUT2D eigenvalue weighted by molar-refractivity contribution is 0.561. The molecule has 3 heteroatoms. The van der Waals surface area contributed by atoms with Gasteiger partial charge in [-0.15, -0.1) is 0 Å². The lowest BCUT2D eigenvalue weighted by Gasteiger charge is -2.00. The van der Waals surface area contributed by atoms with Gasteiger partial charge in [0.1, 0.15) is 0 Å². The number of hydrogen-bond donors (Lipinski definition) is 0. The fourth-order valence-corrected chi connectivity index (χ4v) is 2.02. The van der Waals surface area contributed by atoms with Crippen LogP contribution >= 0.6 is 0 Å². The fourth-order valence-electron chi connectivity index (χ4n) is 2.02. The number of oxazole rings is 1. The average Bonchev–Trinajstić information content (AvgIpc) is 2.77. The molecule has 1 aromatic carbocycles. The van der Waals surface area contributed by atoms with Crippen LogP contribution in [0.3, 0.4) is 0 Å². The van der Waals surface area contributed by atoms with E-state index >= 15 is 0 Å². The predicted molar refractivity (Wildman–Crippen MR) is 70.4 cm³/mol. The van der Waals surface area contributed by atoms with Crippen molar-refractivity contribution >= 4 is 11.2 Å². The number of hydrogen-bond acceptors (Lipinski definition) is 3. The summed E-state index contributed by atoms with van der Waals surface area (Å²) in [4.78, 5) is 8.76. The highest BCUT2D eigenvalue weighted by Crippen LogP contribution is 2.14. The Morgan fingerprint density at radius 3 is 2.61 bits per heavy atom. The number of fused-ring (bicyclic) bond motifs is 1. The Morgan fingerprint density at radius 2 is 1.78 bits per heavy atom. The highest BCUT2D eigenvalue weighted by Gasteiger charge is 2.04. The molecule has 0 fully saturated rings. The van der Waals surface area contributed by atoms with Crippen LogP contribution < -0.4 is 0 Å². The van der Waals surface area contributed by atoms with Gasteiger partial charge in [-0.3, -0.25) is 0 Å². The third-order valence-electron chi connectivity index (χ3n) is 2.93. The zero-order valence-electron chi connectivity index (χ0n) is 10.3. The molecule has 3 rings (SSSR count). The second kappa shape index (κ2) is 4.61. The van der Waals surface area contributed by atoms with Crippen molar-refractivity contribution in [2.45, 2.75) is 19.8 Å². The van der Waals surface area contributed by atoms with Gasteiger partial charge in [0.15, 0.2) is 17.1 Å². The molecule has 0 saturated carbocycles. The van der Waals surface area contributed by atoms with Crippen LogP contribution in [0.2, 0.25) is 0 Å². The molecule has 0 aliphatic carbocycles. The Hall–Kier alpha value is -2.16. The molecule has 0 aliphatic rings. The van der Waals surface area contributed by atoms with Crippen molar-refractivity contribution in [1.29, 1.82) is 0 Å². The topological polar surface area (TPSA) is 38.9 Å². The number of pyridine rings is 1. The number of aromatic nitrogens is 2. The molecule has 0 saturated heterocycles. The predicted octanol–water partition coefficient (Wildman–Crippen LogP) is 3.32. The van der Waals surface area contributed by atoms with Crippen molar-refractivity contribution in [3.05, 3.63) is 59.6 Å². The van der Waals surface area contributed by atoms with Crippen molar-refractivity contribution in [3.63, 3.8) is 0 Å². The minimum absolute atomic E-state index is 0.665. The van der Waals surface area contributed by atoms with E-state index in [1.165, 1.54) is 5.56 Å². The average molecular weight is 238 g/mol. The van der Waals surface area contributed by atoms with Gasteiger partial charge in [0.2, 0.25) is 0 Å². The molecule has 0 unspecified atom stereocenters. The summed E-state index contributed by atoms with van der Waals surface area (Å²) < 4.78 is 5.41. The van der Waals surface area contributed by atoms with Crippen LogP contribution in [0.4, 0.5) is 0 Å². The Bertz CT molecular complexity index is 659. The van der Waals surface area contributed by atoms with Crippen LogP contribution in [0.15, 0.2) is 46.9 Å². The third-order valence-corrected chi connectivity index (χ3v) is 2.93. The van der Waals surface area contributed by atoms with E-state index in [1.54, 1.807) is 0 Å². The van der Waals surface area contributed by atoms with E-state index in [4.69, 9.17) is 4.42 Å². The number of benzene rings is 1. The number of aryl methyl sites for hydroxylation is 3. The van der Waals surface area contributed by atoms with Crippen LogP contribution in [0.25, 0.3) is 11.2 Å². The van der Waals surface area contributed by atoms with E-state index in [1.807, 2.05) is 25.1 Å².